The highest BCUT2D eigenvalue weighted by Crippen LogP contribution is 2.26. The van der Waals surface area contributed by atoms with E-state index in [0.29, 0.717) is 0 Å². The van der Waals surface area contributed by atoms with Crippen molar-refractivity contribution >= 4 is 0 Å². The zero-order valence-electron chi connectivity index (χ0n) is 10.6. The summed E-state index contributed by atoms with van der Waals surface area (Å²) in [6.07, 6.45) is 3.32. The van der Waals surface area contributed by atoms with Crippen molar-refractivity contribution in [3.05, 3.63) is 5.82 Å². The van der Waals surface area contributed by atoms with Gasteiger partial charge >= 0.3 is 0 Å². The van der Waals surface area contributed by atoms with E-state index in [0.717, 1.165) is 51.3 Å². The predicted molar refractivity (Wildman–Crippen MR) is 63.4 cm³/mol. The second kappa shape index (κ2) is 5.55. The van der Waals surface area contributed by atoms with Crippen molar-refractivity contribution in [2.45, 2.75) is 51.8 Å². The number of nitrogens with zero attached hydrogens (tertiary/aromatic N) is 4. The molecule has 17 heavy (non-hydrogen) atoms. The van der Waals surface area contributed by atoms with Crippen LogP contribution in [0.15, 0.2) is 0 Å². The van der Waals surface area contributed by atoms with E-state index in [9.17, 15) is 0 Å². The van der Waals surface area contributed by atoms with E-state index in [-0.39, 0.29) is 5.60 Å². The lowest BCUT2D eigenvalue weighted by atomic mass is 10.0. The average molecular weight is 239 g/mol. The van der Waals surface area contributed by atoms with Gasteiger partial charge in [0.05, 0.1) is 18.7 Å². The summed E-state index contributed by atoms with van der Waals surface area (Å²) in [7, 11) is 0. The molecule has 1 aliphatic heterocycles. The third kappa shape index (κ3) is 3.23. The van der Waals surface area contributed by atoms with Gasteiger partial charge in [0.1, 0.15) is 0 Å². The van der Waals surface area contributed by atoms with Crippen LogP contribution in [0.4, 0.5) is 0 Å². The molecule has 1 aromatic rings. The van der Waals surface area contributed by atoms with Gasteiger partial charge in [0.2, 0.25) is 0 Å². The van der Waals surface area contributed by atoms with Crippen LogP contribution in [0.5, 0.6) is 0 Å². The first-order valence-corrected chi connectivity index (χ1v) is 6.33. The van der Waals surface area contributed by atoms with Crippen LogP contribution in [0, 0.1) is 0 Å². The fourth-order valence-corrected chi connectivity index (χ4v) is 2.13. The minimum absolute atomic E-state index is 0.102. The van der Waals surface area contributed by atoms with Crippen molar-refractivity contribution in [1.82, 2.24) is 25.5 Å². The molecule has 0 aromatic carbocycles. The van der Waals surface area contributed by atoms with Crippen molar-refractivity contribution in [2.24, 2.45) is 0 Å². The Labute approximate surface area is 102 Å². The summed E-state index contributed by atoms with van der Waals surface area (Å²) in [5.41, 5.74) is -0.102. The fourth-order valence-electron chi connectivity index (χ4n) is 2.13. The van der Waals surface area contributed by atoms with Gasteiger partial charge in [-0.05, 0) is 43.2 Å². The van der Waals surface area contributed by atoms with Gasteiger partial charge in [0.25, 0.3) is 0 Å². The molecular weight excluding hydrogens is 218 g/mol. The highest BCUT2D eigenvalue weighted by Gasteiger charge is 2.31. The Morgan fingerprint density at radius 3 is 3.12 bits per heavy atom. The molecule has 6 heteroatoms. The van der Waals surface area contributed by atoms with Crippen LogP contribution >= 0.6 is 0 Å². The molecule has 0 radical (unpaired) electrons. The summed E-state index contributed by atoms with van der Waals surface area (Å²) < 4.78 is 7.61. The highest BCUT2D eigenvalue weighted by atomic mass is 16.5. The van der Waals surface area contributed by atoms with Crippen LogP contribution in [0.25, 0.3) is 0 Å². The SMILES string of the molecule is CCCNCc1nnnn1CC1(C)CCCO1. The van der Waals surface area contributed by atoms with Crippen LogP contribution in [0.3, 0.4) is 0 Å². The molecule has 0 bridgehead atoms. The zero-order chi connectivity index (χ0) is 12.1. The van der Waals surface area contributed by atoms with Crippen molar-refractivity contribution in [1.29, 1.82) is 0 Å². The smallest absolute Gasteiger partial charge is 0.165 e. The second-order valence-electron chi connectivity index (χ2n) is 4.83. The maximum Gasteiger partial charge on any atom is 0.165 e. The predicted octanol–water partition coefficient (Wildman–Crippen LogP) is 0.742. The van der Waals surface area contributed by atoms with Crippen molar-refractivity contribution in [3.63, 3.8) is 0 Å². The van der Waals surface area contributed by atoms with E-state index in [1.165, 1.54) is 0 Å². The van der Waals surface area contributed by atoms with E-state index >= 15 is 0 Å². The number of ether oxygens (including phenoxy) is 1. The third-order valence-corrected chi connectivity index (χ3v) is 3.10. The number of hydrogen-bond acceptors (Lipinski definition) is 5. The van der Waals surface area contributed by atoms with Gasteiger partial charge in [-0.3, -0.25) is 0 Å². The monoisotopic (exact) mass is 239 g/mol. The van der Waals surface area contributed by atoms with Crippen molar-refractivity contribution in [2.75, 3.05) is 13.2 Å². The van der Waals surface area contributed by atoms with Crippen LogP contribution in [-0.4, -0.2) is 39.0 Å². The summed E-state index contributed by atoms with van der Waals surface area (Å²) in [6, 6.07) is 0. The van der Waals surface area contributed by atoms with E-state index in [1.54, 1.807) is 0 Å². The first-order chi connectivity index (χ1) is 8.23. The molecule has 0 spiro atoms. The number of aromatic nitrogens is 4. The van der Waals surface area contributed by atoms with Gasteiger partial charge in [-0.25, -0.2) is 4.68 Å². The summed E-state index contributed by atoms with van der Waals surface area (Å²) in [5.74, 6) is 0.884. The summed E-state index contributed by atoms with van der Waals surface area (Å²) in [6.45, 7) is 7.57. The molecule has 2 rings (SSSR count). The largest absolute Gasteiger partial charge is 0.373 e. The zero-order valence-corrected chi connectivity index (χ0v) is 10.6. The van der Waals surface area contributed by atoms with Crippen LogP contribution in [-0.2, 0) is 17.8 Å². The topological polar surface area (TPSA) is 64.9 Å². The molecule has 1 aliphatic rings. The van der Waals surface area contributed by atoms with Crippen LogP contribution in [0.2, 0.25) is 0 Å². The maximum atomic E-state index is 5.76. The second-order valence-corrected chi connectivity index (χ2v) is 4.83. The van der Waals surface area contributed by atoms with Gasteiger partial charge in [-0.15, -0.1) is 5.10 Å². The quantitative estimate of drug-likeness (QED) is 0.742. The molecule has 1 N–H and O–H groups in total. The van der Waals surface area contributed by atoms with E-state index in [1.807, 2.05) is 4.68 Å². The summed E-state index contributed by atoms with van der Waals surface area (Å²) in [4.78, 5) is 0. The Morgan fingerprint density at radius 2 is 2.41 bits per heavy atom. The minimum Gasteiger partial charge on any atom is -0.373 e. The number of hydrogen-bond donors (Lipinski definition) is 1. The fraction of sp³-hybridized carbons (Fsp3) is 0.909. The van der Waals surface area contributed by atoms with E-state index in [2.05, 4.69) is 34.7 Å². The third-order valence-electron chi connectivity index (χ3n) is 3.10. The average Bonchev–Trinajstić information content (AvgIpc) is 2.90. The van der Waals surface area contributed by atoms with Gasteiger partial charge < -0.3 is 10.1 Å². The van der Waals surface area contributed by atoms with E-state index < -0.39 is 0 Å². The van der Waals surface area contributed by atoms with E-state index in [4.69, 9.17) is 4.74 Å². The molecule has 0 amide bonds. The van der Waals surface area contributed by atoms with Gasteiger partial charge in [-0.2, -0.15) is 0 Å². The number of nitrogens with one attached hydrogen (secondary N) is 1. The Hall–Kier alpha value is -1.01. The lowest BCUT2D eigenvalue weighted by Crippen LogP contribution is -2.31. The highest BCUT2D eigenvalue weighted by molar-refractivity contribution is 4.86. The normalized spacial score (nSPS) is 24.4. The minimum atomic E-state index is -0.102. The Morgan fingerprint density at radius 1 is 1.53 bits per heavy atom. The van der Waals surface area contributed by atoms with Gasteiger partial charge in [0, 0.05) is 6.61 Å². The van der Waals surface area contributed by atoms with Crippen molar-refractivity contribution < 1.29 is 4.74 Å². The lowest BCUT2D eigenvalue weighted by molar-refractivity contribution is 0.00244. The molecule has 1 saturated heterocycles. The van der Waals surface area contributed by atoms with Crippen molar-refractivity contribution in [3.8, 4) is 0 Å². The van der Waals surface area contributed by atoms with Gasteiger partial charge in [0.15, 0.2) is 5.82 Å². The number of rotatable bonds is 6. The Balaban J connectivity index is 1.93. The molecule has 96 valence electrons. The lowest BCUT2D eigenvalue weighted by Gasteiger charge is -2.22. The molecule has 2 heterocycles. The molecule has 1 atom stereocenters. The molecule has 1 fully saturated rings. The number of tetrazole rings is 1. The Kier molecular flexibility index (Phi) is 4.06. The summed E-state index contributed by atoms with van der Waals surface area (Å²) >= 11 is 0. The first-order valence-electron chi connectivity index (χ1n) is 6.33. The molecular formula is C11H21N5O. The molecule has 6 nitrogen and oxygen atoms in total. The standard InChI is InChI=1S/C11H21N5O/c1-3-6-12-8-10-13-14-15-16(10)9-11(2)5-4-7-17-11/h12H,3-9H2,1-2H3. The molecule has 0 aliphatic carbocycles. The summed E-state index contributed by atoms with van der Waals surface area (Å²) in [5, 5.41) is 15.1. The molecule has 1 unspecified atom stereocenters. The van der Waals surface area contributed by atoms with Gasteiger partial charge in [-0.1, -0.05) is 6.92 Å². The Bertz CT molecular complexity index is 345. The van der Waals surface area contributed by atoms with Crippen LogP contribution < -0.4 is 5.32 Å². The first kappa shape index (κ1) is 12.4. The maximum absolute atomic E-state index is 5.76. The molecule has 0 saturated carbocycles. The van der Waals surface area contributed by atoms with Crippen LogP contribution in [0.1, 0.15) is 38.9 Å². The molecule has 1 aromatic heterocycles.